The molecule has 148 valence electrons. The molecule has 0 aromatic heterocycles. The quantitative estimate of drug-likeness (QED) is 0.688. The van der Waals surface area contributed by atoms with Gasteiger partial charge in [0.1, 0.15) is 6.04 Å². The topological polar surface area (TPSA) is 84.5 Å². The van der Waals surface area contributed by atoms with Gasteiger partial charge in [0.2, 0.25) is 0 Å². The van der Waals surface area contributed by atoms with Gasteiger partial charge >= 0.3 is 5.97 Å². The largest absolute Gasteiger partial charge is 0.454 e. The van der Waals surface area contributed by atoms with E-state index in [-0.39, 0.29) is 17.9 Å². The summed E-state index contributed by atoms with van der Waals surface area (Å²) in [5.41, 5.74) is 1.41. The molecule has 1 unspecified atom stereocenters. The number of esters is 1. The zero-order valence-electron chi connectivity index (χ0n) is 16.3. The normalized spacial score (nSPS) is 12.7. The molecule has 0 aliphatic heterocycles. The van der Waals surface area contributed by atoms with Crippen LogP contribution in [0.5, 0.6) is 0 Å². The van der Waals surface area contributed by atoms with E-state index in [1.165, 1.54) is 0 Å². The van der Waals surface area contributed by atoms with Crippen LogP contribution in [0, 0.1) is 5.92 Å². The summed E-state index contributed by atoms with van der Waals surface area (Å²) in [5.74, 6) is -1.59. The Labute approximate surface area is 165 Å². The summed E-state index contributed by atoms with van der Waals surface area (Å²) in [6.07, 6.45) is 0. The first kappa shape index (κ1) is 21.2. The predicted molar refractivity (Wildman–Crippen MR) is 106 cm³/mol. The average Bonchev–Trinajstić information content (AvgIpc) is 2.71. The zero-order chi connectivity index (χ0) is 20.5. The van der Waals surface area contributed by atoms with Crippen molar-refractivity contribution in [2.45, 2.75) is 32.9 Å². The standard InChI is InChI=1S/C22H26N2O4/c1-15(2)20(24-21(26)18-12-8-5-9-13-18)22(27)28-14-19(25)23-16(3)17-10-6-4-7-11-17/h4-13,15-16,20H,14H2,1-3H3,(H,23,25)(H,24,26)/t16?,20-/m1/s1. The Balaban J connectivity index is 1.88. The first-order chi connectivity index (χ1) is 13.4. The van der Waals surface area contributed by atoms with Gasteiger partial charge in [-0.1, -0.05) is 62.4 Å². The van der Waals surface area contributed by atoms with Crippen molar-refractivity contribution in [3.8, 4) is 0 Å². The molecule has 0 spiro atoms. The van der Waals surface area contributed by atoms with E-state index in [1.54, 1.807) is 44.2 Å². The predicted octanol–water partition coefficient (Wildman–Crippen LogP) is 2.86. The first-order valence-electron chi connectivity index (χ1n) is 9.25. The highest BCUT2D eigenvalue weighted by atomic mass is 16.5. The van der Waals surface area contributed by atoms with E-state index < -0.39 is 24.5 Å². The summed E-state index contributed by atoms with van der Waals surface area (Å²) in [5, 5.41) is 5.46. The zero-order valence-corrected chi connectivity index (χ0v) is 16.3. The Morgan fingerprint density at radius 1 is 0.857 bits per heavy atom. The van der Waals surface area contributed by atoms with E-state index in [0.29, 0.717) is 5.56 Å². The van der Waals surface area contributed by atoms with Gasteiger partial charge in [0.05, 0.1) is 6.04 Å². The lowest BCUT2D eigenvalue weighted by Gasteiger charge is -2.21. The van der Waals surface area contributed by atoms with E-state index in [2.05, 4.69) is 10.6 Å². The van der Waals surface area contributed by atoms with Crippen LogP contribution in [0.4, 0.5) is 0 Å². The number of hydrogen-bond donors (Lipinski definition) is 2. The molecule has 2 N–H and O–H groups in total. The highest BCUT2D eigenvalue weighted by Gasteiger charge is 2.26. The average molecular weight is 382 g/mol. The van der Waals surface area contributed by atoms with Crippen molar-refractivity contribution in [1.82, 2.24) is 10.6 Å². The number of benzene rings is 2. The van der Waals surface area contributed by atoms with E-state index in [9.17, 15) is 14.4 Å². The number of carbonyl (C=O) groups excluding carboxylic acids is 3. The molecule has 2 aromatic rings. The molecule has 0 heterocycles. The number of nitrogens with one attached hydrogen (secondary N) is 2. The molecule has 0 bridgehead atoms. The van der Waals surface area contributed by atoms with Gasteiger partial charge in [-0.3, -0.25) is 9.59 Å². The fourth-order valence-electron chi connectivity index (χ4n) is 2.65. The summed E-state index contributed by atoms with van der Waals surface area (Å²) in [6.45, 7) is 5.05. The number of hydrogen-bond acceptors (Lipinski definition) is 4. The van der Waals surface area contributed by atoms with Crippen molar-refractivity contribution < 1.29 is 19.1 Å². The van der Waals surface area contributed by atoms with Crippen LogP contribution in [0.3, 0.4) is 0 Å². The highest BCUT2D eigenvalue weighted by molar-refractivity contribution is 5.97. The summed E-state index contributed by atoms with van der Waals surface area (Å²) in [6, 6.07) is 17.1. The van der Waals surface area contributed by atoms with Gasteiger partial charge in [0.15, 0.2) is 6.61 Å². The maximum absolute atomic E-state index is 12.4. The number of rotatable bonds is 8. The molecule has 0 saturated carbocycles. The van der Waals surface area contributed by atoms with Gasteiger partial charge in [-0.25, -0.2) is 4.79 Å². The molecule has 28 heavy (non-hydrogen) atoms. The molecule has 2 amide bonds. The molecule has 0 fully saturated rings. The molecular weight excluding hydrogens is 356 g/mol. The van der Waals surface area contributed by atoms with Crippen LogP contribution in [0.15, 0.2) is 60.7 Å². The fraction of sp³-hybridized carbons (Fsp3) is 0.318. The summed E-state index contributed by atoms with van der Waals surface area (Å²) in [4.78, 5) is 36.8. The second-order valence-electron chi connectivity index (χ2n) is 6.87. The van der Waals surface area contributed by atoms with Crippen LogP contribution in [-0.2, 0) is 14.3 Å². The van der Waals surface area contributed by atoms with Crippen molar-refractivity contribution in [2.75, 3.05) is 6.61 Å². The minimum absolute atomic E-state index is 0.188. The summed E-state index contributed by atoms with van der Waals surface area (Å²) >= 11 is 0. The molecule has 0 aliphatic carbocycles. The molecule has 2 rings (SSSR count). The van der Waals surface area contributed by atoms with Crippen LogP contribution >= 0.6 is 0 Å². The monoisotopic (exact) mass is 382 g/mol. The van der Waals surface area contributed by atoms with Gasteiger partial charge < -0.3 is 15.4 Å². The fourth-order valence-corrected chi connectivity index (χ4v) is 2.65. The second kappa shape index (κ2) is 10.3. The van der Waals surface area contributed by atoms with Gasteiger partial charge in [-0.15, -0.1) is 0 Å². The molecule has 0 saturated heterocycles. The number of amides is 2. The molecular formula is C22H26N2O4. The Morgan fingerprint density at radius 3 is 2.00 bits per heavy atom. The third-order valence-corrected chi connectivity index (χ3v) is 4.27. The maximum Gasteiger partial charge on any atom is 0.329 e. The third kappa shape index (κ3) is 6.23. The van der Waals surface area contributed by atoms with Crippen molar-refractivity contribution in [1.29, 1.82) is 0 Å². The third-order valence-electron chi connectivity index (χ3n) is 4.27. The summed E-state index contributed by atoms with van der Waals surface area (Å²) < 4.78 is 5.14. The van der Waals surface area contributed by atoms with Crippen LogP contribution in [-0.4, -0.2) is 30.4 Å². The number of ether oxygens (including phenoxy) is 1. The molecule has 2 atom stereocenters. The van der Waals surface area contributed by atoms with Crippen molar-refractivity contribution >= 4 is 17.8 Å². The Morgan fingerprint density at radius 2 is 1.43 bits per heavy atom. The lowest BCUT2D eigenvalue weighted by atomic mass is 10.0. The lowest BCUT2D eigenvalue weighted by molar-refractivity contribution is -0.151. The van der Waals surface area contributed by atoms with E-state index >= 15 is 0 Å². The van der Waals surface area contributed by atoms with Gasteiger partial charge in [0, 0.05) is 5.56 Å². The minimum Gasteiger partial charge on any atom is -0.454 e. The van der Waals surface area contributed by atoms with Gasteiger partial charge in [0.25, 0.3) is 11.8 Å². The van der Waals surface area contributed by atoms with Crippen LogP contribution in [0.2, 0.25) is 0 Å². The lowest BCUT2D eigenvalue weighted by Crippen LogP contribution is -2.46. The van der Waals surface area contributed by atoms with Crippen LogP contribution in [0.25, 0.3) is 0 Å². The molecule has 6 heteroatoms. The SMILES string of the molecule is CC(NC(=O)COC(=O)[C@H](NC(=O)c1ccccc1)C(C)C)c1ccccc1. The molecule has 6 nitrogen and oxygen atoms in total. The van der Waals surface area contributed by atoms with E-state index in [4.69, 9.17) is 4.74 Å². The molecule has 0 radical (unpaired) electrons. The molecule has 0 aliphatic rings. The van der Waals surface area contributed by atoms with Crippen molar-refractivity contribution in [3.05, 3.63) is 71.8 Å². The van der Waals surface area contributed by atoms with Crippen molar-refractivity contribution in [3.63, 3.8) is 0 Å². The van der Waals surface area contributed by atoms with Crippen molar-refractivity contribution in [2.24, 2.45) is 5.92 Å². The van der Waals surface area contributed by atoms with Crippen LogP contribution < -0.4 is 10.6 Å². The van der Waals surface area contributed by atoms with E-state index in [1.807, 2.05) is 37.3 Å². The van der Waals surface area contributed by atoms with Crippen LogP contribution in [0.1, 0.15) is 42.7 Å². The number of carbonyl (C=O) groups is 3. The second-order valence-corrected chi connectivity index (χ2v) is 6.87. The van der Waals surface area contributed by atoms with Gasteiger partial charge in [-0.05, 0) is 30.5 Å². The van der Waals surface area contributed by atoms with E-state index in [0.717, 1.165) is 5.56 Å². The minimum atomic E-state index is -0.841. The summed E-state index contributed by atoms with van der Waals surface area (Å²) in [7, 11) is 0. The van der Waals surface area contributed by atoms with Gasteiger partial charge in [-0.2, -0.15) is 0 Å². The first-order valence-corrected chi connectivity index (χ1v) is 9.25. The maximum atomic E-state index is 12.4. The Kier molecular flexibility index (Phi) is 7.75. The Hall–Kier alpha value is -3.15. The smallest absolute Gasteiger partial charge is 0.329 e. The molecule has 2 aromatic carbocycles. The highest BCUT2D eigenvalue weighted by Crippen LogP contribution is 2.11. The Bertz CT molecular complexity index is 791.